The largest absolute Gasteiger partial charge is 0.452 e. The number of hydrogen-bond acceptors (Lipinski definition) is 6. The predicted octanol–water partition coefficient (Wildman–Crippen LogP) is 1.34. The molecule has 0 saturated carbocycles. The Hall–Kier alpha value is -2.46. The van der Waals surface area contributed by atoms with E-state index in [0.29, 0.717) is 13.1 Å². The molecular weight excluding hydrogens is 422 g/mol. The second-order valence-electron chi connectivity index (χ2n) is 8.00. The maximum atomic E-state index is 12.8. The van der Waals surface area contributed by atoms with Gasteiger partial charge in [-0.3, -0.25) is 9.59 Å². The van der Waals surface area contributed by atoms with Gasteiger partial charge in [0.25, 0.3) is 5.91 Å². The summed E-state index contributed by atoms with van der Waals surface area (Å²) in [4.78, 5) is 39.3. The fourth-order valence-electron chi connectivity index (χ4n) is 3.61. The zero-order valence-corrected chi connectivity index (χ0v) is 19.5. The molecule has 0 aromatic heterocycles. The van der Waals surface area contributed by atoms with Gasteiger partial charge in [0.2, 0.25) is 15.9 Å². The van der Waals surface area contributed by atoms with Crippen LogP contribution in [0, 0.1) is 0 Å². The molecule has 31 heavy (non-hydrogen) atoms. The number of nitrogens with zero attached hydrogens (tertiary/aromatic N) is 3. The van der Waals surface area contributed by atoms with E-state index in [4.69, 9.17) is 4.74 Å². The van der Waals surface area contributed by atoms with Crippen molar-refractivity contribution >= 4 is 27.8 Å². The van der Waals surface area contributed by atoms with Gasteiger partial charge in [-0.1, -0.05) is 0 Å². The van der Waals surface area contributed by atoms with E-state index in [1.54, 1.807) is 9.80 Å². The van der Waals surface area contributed by atoms with Crippen LogP contribution in [0.4, 0.5) is 0 Å². The first-order valence-corrected chi connectivity index (χ1v) is 11.7. The van der Waals surface area contributed by atoms with Gasteiger partial charge in [-0.15, -0.1) is 0 Å². The molecule has 1 heterocycles. The van der Waals surface area contributed by atoms with E-state index in [2.05, 4.69) is 0 Å². The summed E-state index contributed by atoms with van der Waals surface area (Å²) in [7, 11) is -3.73. The molecule has 172 valence electrons. The van der Waals surface area contributed by atoms with Gasteiger partial charge in [0, 0.05) is 45.2 Å². The average molecular weight is 454 g/mol. The molecule has 1 aliphatic heterocycles. The van der Waals surface area contributed by atoms with Crippen LogP contribution in [-0.4, -0.2) is 85.2 Å². The molecule has 10 heteroatoms. The van der Waals surface area contributed by atoms with Crippen molar-refractivity contribution in [2.75, 3.05) is 32.8 Å². The zero-order valence-electron chi connectivity index (χ0n) is 18.7. The molecule has 0 N–H and O–H groups in total. The van der Waals surface area contributed by atoms with Crippen LogP contribution < -0.4 is 0 Å². The number of hydrogen-bond donors (Lipinski definition) is 0. The number of carbonyl (C=O) groups excluding carboxylic acids is 3. The minimum atomic E-state index is -3.73. The maximum absolute atomic E-state index is 12.8. The fourth-order valence-corrected chi connectivity index (χ4v) is 5.03. The lowest BCUT2D eigenvalue weighted by Gasteiger charge is -2.33. The quantitative estimate of drug-likeness (QED) is 0.577. The monoisotopic (exact) mass is 453 g/mol. The summed E-state index contributed by atoms with van der Waals surface area (Å²) in [6, 6.07) is 5.39. The Morgan fingerprint density at radius 1 is 0.968 bits per heavy atom. The first kappa shape index (κ1) is 24.8. The molecule has 1 fully saturated rings. The number of benzene rings is 1. The number of rotatable bonds is 7. The highest BCUT2D eigenvalue weighted by Gasteiger charge is 2.29. The van der Waals surface area contributed by atoms with E-state index >= 15 is 0 Å². The summed E-state index contributed by atoms with van der Waals surface area (Å²) in [5.41, 5.74) is 0.161. The smallest absolute Gasteiger partial charge is 0.338 e. The van der Waals surface area contributed by atoms with Crippen molar-refractivity contribution in [1.29, 1.82) is 0 Å². The molecule has 0 unspecified atom stereocenters. The molecular formula is C21H31N3O6S. The Morgan fingerprint density at radius 3 is 1.94 bits per heavy atom. The van der Waals surface area contributed by atoms with Crippen LogP contribution in [0.3, 0.4) is 0 Å². The Morgan fingerprint density at radius 2 is 1.48 bits per heavy atom. The van der Waals surface area contributed by atoms with E-state index in [1.807, 2.05) is 27.7 Å². The lowest BCUT2D eigenvalue weighted by Crippen LogP contribution is -2.49. The van der Waals surface area contributed by atoms with Crippen LogP contribution in [0.1, 0.15) is 45.0 Å². The van der Waals surface area contributed by atoms with Gasteiger partial charge in [-0.25, -0.2) is 13.2 Å². The van der Waals surface area contributed by atoms with E-state index in [-0.39, 0.29) is 54.1 Å². The zero-order chi connectivity index (χ0) is 23.3. The summed E-state index contributed by atoms with van der Waals surface area (Å²) in [6.45, 7) is 9.75. The van der Waals surface area contributed by atoms with Crippen LogP contribution in [0.2, 0.25) is 0 Å². The summed E-state index contributed by atoms with van der Waals surface area (Å²) < 4.78 is 32.1. The van der Waals surface area contributed by atoms with E-state index in [0.717, 1.165) is 0 Å². The minimum Gasteiger partial charge on any atom is -0.452 e. The summed E-state index contributed by atoms with van der Waals surface area (Å²) in [5.74, 6) is -1.06. The molecule has 1 aliphatic rings. The van der Waals surface area contributed by atoms with Gasteiger partial charge in [0.1, 0.15) is 0 Å². The van der Waals surface area contributed by atoms with E-state index < -0.39 is 16.0 Å². The molecule has 0 bridgehead atoms. The topological polar surface area (TPSA) is 104 Å². The lowest BCUT2D eigenvalue weighted by atomic mass is 10.2. The number of amides is 2. The predicted molar refractivity (Wildman–Crippen MR) is 115 cm³/mol. The van der Waals surface area contributed by atoms with Crippen molar-refractivity contribution in [2.45, 2.75) is 51.6 Å². The second-order valence-corrected chi connectivity index (χ2v) is 9.94. The van der Waals surface area contributed by atoms with Gasteiger partial charge in [-0.2, -0.15) is 4.31 Å². The van der Waals surface area contributed by atoms with Gasteiger partial charge < -0.3 is 14.5 Å². The number of piperazine rings is 1. The van der Waals surface area contributed by atoms with Crippen LogP contribution >= 0.6 is 0 Å². The molecule has 0 atom stereocenters. The van der Waals surface area contributed by atoms with Gasteiger partial charge in [-0.05, 0) is 52.0 Å². The number of carbonyl (C=O) groups is 3. The summed E-state index contributed by atoms with van der Waals surface area (Å²) in [5, 5.41) is 0. The molecule has 1 aromatic rings. The van der Waals surface area contributed by atoms with Crippen molar-refractivity contribution in [2.24, 2.45) is 0 Å². The van der Waals surface area contributed by atoms with Crippen LogP contribution in [-0.2, 0) is 24.3 Å². The highest BCUT2D eigenvalue weighted by atomic mass is 32.2. The van der Waals surface area contributed by atoms with E-state index in [9.17, 15) is 22.8 Å². The highest BCUT2D eigenvalue weighted by Crippen LogP contribution is 2.19. The van der Waals surface area contributed by atoms with Gasteiger partial charge in [0.05, 0.1) is 10.5 Å². The number of sulfonamides is 1. The third-order valence-electron chi connectivity index (χ3n) is 5.14. The van der Waals surface area contributed by atoms with Crippen molar-refractivity contribution in [3.8, 4) is 0 Å². The van der Waals surface area contributed by atoms with E-state index in [1.165, 1.54) is 35.5 Å². The van der Waals surface area contributed by atoms with Crippen molar-refractivity contribution < 1.29 is 27.5 Å². The Balaban J connectivity index is 2.00. The van der Waals surface area contributed by atoms with Crippen LogP contribution in [0.15, 0.2) is 29.2 Å². The minimum absolute atomic E-state index is 0.0204. The van der Waals surface area contributed by atoms with Crippen LogP contribution in [0.5, 0.6) is 0 Å². The number of ether oxygens (including phenoxy) is 1. The molecule has 2 amide bonds. The first-order valence-electron chi connectivity index (χ1n) is 10.3. The van der Waals surface area contributed by atoms with Gasteiger partial charge >= 0.3 is 5.97 Å². The third-order valence-corrected chi connectivity index (χ3v) is 7.05. The Kier molecular flexibility index (Phi) is 8.19. The first-order chi connectivity index (χ1) is 14.4. The highest BCUT2D eigenvalue weighted by molar-refractivity contribution is 7.89. The maximum Gasteiger partial charge on any atom is 0.338 e. The van der Waals surface area contributed by atoms with Crippen LogP contribution in [0.25, 0.3) is 0 Å². The molecule has 2 rings (SSSR count). The van der Waals surface area contributed by atoms with Crippen molar-refractivity contribution in [3.63, 3.8) is 0 Å². The Labute approximate surface area is 184 Å². The second kappa shape index (κ2) is 10.2. The van der Waals surface area contributed by atoms with Gasteiger partial charge in [0.15, 0.2) is 6.61 Å². The molecule has 1 aromatic carbocycles. The van der Waals surface area contributed by atoms with Crippen molar-refractivity contribution in [1.82, 2.24) is 14.1 Å². The molecule has 0 aliphatic carbocycles. The molecule has 0 radical (unpaired) electrons. The third kappa shape index (κ3) is 6.04. The fraction of sp³-hybridized carbons (Fsp3) is 0.571. The average Bonchev–Trinajstić information content (AvgIpc) is 2.71. The van der Waals surface area contributed by atoms with Crippen molar-refractivity contribution in [3.05, 3.63) is 29.8 Å². The lowest BCUT2D eigenvalue weighted by molar-refractivity contribution is -0.138. The number of esters is 1. The standard InChI is InChI=1S/C21H31N3O6S/c1-15(2)24(16(3)4)20(26)14-30-21(27)18-6-8-19(9-7-18)31(28,29)23-12-10-22(11-13-23)17(5)25/h6-9,15-16H,10-14H2,1-5H3. The summed E-state index contributed by atoms with van der Waals surface area (Å²) in [6.07, 6.45) is 0. The molecule has 9 nitrogen and oxygen atoms in total. The SMILES string of the molecule is CC(=O)N1CCN(S(=O)(=O)c2ccc(C(=O)OCC(=O)N(C(C)C)C(C)C)cc2)CC1. The molecule has 1 saturated heterocycles. The summed E-state index contributed by atoms with van der Waals surface area (Å²) >= 11 is 0. The Bertz CT molecular complexity index is 896. The molecule has 0 spiro atoms. The normalized spacial score (nSPS) is 15.3.